The summed E-state index contributed by atoms with van der Waals surface area (Å²) in [5.74, 6) is 0. The molecule has 0 N–H and O–H groups in total. The number of alkyl halides is 1. The molecule has 24 heavy (non-hydrogen) atoms. The van der Waals surface area contributed by atoms with Gasteiger partial charge in [0.25, 0.3) is 0 Å². The molecule has 0 aromatic heterocycles. The van der Waals surface area contributed by atoms with Crippen molar-refractivity contribution in [3.8, 4) is 0 Å². The fraction of sp³-hybridized carbons (Fsp3) is 0.538. The number of hydrogen-bond acceptors (Lipinski definition) is 7. The van der Waals surface area contributed by atoms with Crippen LogP contribution in [0.5, 0.6) is 0 Å². The van der Waals surface area contributed by atoms with Crippen molar-refractivity contribution in [3.05, 3.63) is 32.4 Å². The van der Waals surface area contributed by atoms with Gasteiger partial charge in [-0.15, -0.1) is 11.6 Å². The molecule has 1 aromatic carbocycles. The van der Waals surface area contributed by atoms with Crippen molar-refractivity contribution in [2.45, 2.75) is 31.6 Å². The minimum Gasteiger partial charge on any atom is -0.360 e. The largest absolute Gasteiger partial charge is 0.360 e. The first-order valence-corrected chi connectivity index (χ1v) is 9.38. The predicted molar refractivity (Wildman–Crippen MR) is 90.5 cm³/mol. The fourth-order valence-corrected chi connectivity index (χ4v) is 3.39. The van der Waals surface area contributed by atoms with Crippen molar-refractivity contribution in [2.24, 2.45) is 0 Å². The normalized spacial score (nSPS) is 11.3. The van der Waals surface area contributed by atoms with E-state index in [1.807, 2.05) is 13.8 Å². The average Bonchev–Trinajstić information content (AvgIpc) is 2.53. The van der Waals surface area contributed by atoms with E-state index < -0.39 is 41.2 Å². The van der Waals surface area contributed by atoms with Crippen molar-refractivity contribution in [1.82, 2.24) is 0 Å². The summed E-state index contributed by atoms with van der Waals surface area (Å²) in [5, 5.41) is 22.0. The predicted octanol–water partition coefficient (Wildman–Crippen LogP) is 3.10. The van der Waals surface area contributed by atoms with Gasteiger partial charge in [0.2, 0.25) is 0 Å². The van der Waals surface area contributed by atoms with Gasteiger partial charge >= 0.3 is 11.4 Å². The number of nitrogens with zero attached hydrogens (tertiary/aromatic N) is 3. The highest BCUT2D eigenvalue weighted by atomic mass is 35.5. The molecule has 0 saturated heterocycles. The maximum absolute atomic E-state index is 11.9. The zero-order valence-electron chi connectivity index (χ0n) is 13.3. The molecule has 1 aromatic rings. The third-order valence-corrected chi connectivity index (χ3v) is 5.35. The summed E-state index contributed by atoms with van der Waals surface area (Å²) in [6.45, 7) is 4.42. The zero-order valence-corrected chi connectivity index (χ0v) is 14.8. The van der Waals surface area contributed by atoms with E-state index in [-0.39, 0.29) is 5.69 Å². The molecule has 1 rings (SSSR count). The maximum atomic E-state index is 11.9. The van der Waals surface area contributed by atoms with Crippen molar-refractivity contribution >= 4 is 38.5 Å². The van der Waals surface area contributed by atoms with Crippen LogP contribution in [0.1, 0.15) is 26.7 Å². The van der Waals surface area contributed by atoms with Gasteiger partial charge in [0.1, 0.15) is 5.21 Å². The molecular weight excluding hydrogens is 362 g/mol. The van der Waals surface area contributed by atoms with Crippen molar-refractivity contribution in [1.29, 1.82) is 0 Å². The topological polar surface area (TPSA) is 124 Å². The highest BCUT2D eigenvalue weighted by Crippen LogP contribution is 2.40. The number of halogens is 1. The number of nitro benzene ring substituents is 2. The maximum Gasteiger partial charge on any atom is 0.300 e. The minimum atomic E-state index is -4.04. The fourth-order valence-electron chi connectivity index (χ4n) is 2.30. The first-order valence-electron chi connectivity index (χ1n) is 7.20. The van der Waals surface area contributed by atoms with Crippen molar-refractivity contribution < 1.29 is 18.3 Å². The van der Waals surface area contributed by atoms with Gasteiger partial charge in [-0.3, -0.25) is 20.2 Å². The molecule has 0 unspecified atom stereocenters. The Balaban J connectivity index is 3.79. The number of rotatable bonds is 9. The number of benzene rings is 1. The van der Waals surface area contributed by atoms with Gasteiger partial charge in [-0.25, -0.2) is 8.42 Å². The highest BCUT2D eigenvalue weighted by molar-refractivity contribution is 7.92. The van der Waals surface area contributed by atoms with E-state index in [4.69, 9.17) is 11.6 Å². The second-order valence-corrected chi connectivity index (χ2v) is 7.61. The van der Waals surface area contributed by atoms with Crippen LogP contribution in [0.2, 0.25) is 0 Å². The molecule has 0 aliphatic rings. The summed E-state index contributed by atoms with van der Waals surface area (Å²) in [7, 11) is -4.04. The van der Waals surface area contributed by atoms with Gasteiger partial charge in [0.15, 0.2) is 15.5 Å². The van der Waals surface area contributed by atoms with Crippen LogP contribution < -0.4 is 4.90 Å². The Morgan fingerprint density at radius 3 is 1.75 bits per heavy atom. The molecule has 0 radical (unpaired) electrons. The summed E-state index contributed by atoms with van der Waals surface area (Å²) in [5.41, 5.74) is -1.41. The van der Waals surface area contributed by atoms with Crippen LogP contribution in [0.25, 0.3) is 0 Å². The Hall–Kier alpha value is -1.94. The summed E-state index contributed by atoms with van der Waals surface area (Å²) in [4.78, 5) is 22.2. The number of nitro groups is 2. The standard InChI is InChI=1S/C13H18ClN3O6S/c1-3-5-15(6-4-2)13-11(16(18)19)7-10(24(22,23)9-14)8-12(13)17(20)21/h7-8H,3-6,9H2,1-2H3. The van der Waals surface area contributed by atoms with Crippen molar-refractivity contribution in [2.75, 3.05) is 23.2 Å². The minimum absolute atomic E-state index is 0.178. The monoisotopic (exact) mass is 379 g/mol. The second-order valence-electron chi connectivity index (χ2n) is 5.04. The Morgan fingerprint density at radius 1 is 1.04 bits per heavy atom. The average molecular weight is 380 g/mol. The lowest BCUT2D eigenvalue weighted by molar-refractivity contribution is -0.393. The quantitative estimate of drug-likeness (QED) is 0.366. The lowest BCUT2D eigenvalue weighted by Crippen LogP contribution is -2.26. The van der Waals surface area contributed by atoms with Gasteiger partial charge in [0.05, 0.1) is 14.7 Å². The molecule has 0 bridgehead atoms. The van der Waals surface area contributed by atoms with E-state index in [2.05, 4.69) is 0 Å². The number of hydrogen-bond donors (Lipinski definition) is 0. The highest BCUT2D eigenvalue weighted by Gasteiger charge is 2.33. The van der Waals surface area contributed by atoms with Crippen LogP contribution in [-0.2, 0) is 9.84 Å². The first kappa shape index (κ1) is 20.1. The van der Waals surface area contributed by atoms with Crippen LogP contribution in [-0.4, -0.2) is 36.6 Å². The third-order valence-electron chi connectivity index (χ3n) is 3.24. The van der Waals surface area contributed by atoms with E-state index in [1.165, 1.54) is 4.90 Å². The molecule has 0 atom stereocenters. The molecule has 0 aliphatic heterocycles. The van der Waals surface area contributed by atoms with Gasteiger partial charge in [-0.1, -0.05) is 13.8 Å². The molecule has 0 amide bonds. The molecule has 0 saturated carbocycles. The van der Waals surface area contributed by atoms with E-state index in [1.54, 1.807) is 0 Å². The van der Waals surface area contributed by atoms with E-state index in [0.717, 1.165) is 12.1 Å². The molecule has 11 heteroatoms. The van der Waals surface area contributed by atoms with E-state index in [0.29, 0.717) is 25.9 Å². The van der Waals surface area contributed by atoms with Crippen molar-refractivity contribution in [3.63, 3.8) is 0 Å². The second kappa shape index (κ2) is 8.25. The van der Waals surface area contributed by atoms with E-state index in [9.17, 15) is 28.6 Å². The Bertz CT molecular complexity index is 696. The van der Waals surface area contributed by atoms with Crippen LogP contribution in [0.3, 0.4) is 0 Å². The lowest BCUT2D eigenvalue weighted by Gasteiger charge is -2.23. The van der Waals surface area contributed by atoms with Gasteiger partial charge in [-0.05, 0) is 12.8 Å². The lowest BCUT2D eigenvalue weighted by atomic mass is 10.2. The van der Waals surface area contributed by atoms with Crippen LogP contribution >= 0.6 is 11.6 Å². The molecular formula is C13H18ClN3O6S. The molecule has 0 fully saturated rings. The summed E-state index contributed by atoms with van der Waals surface area (Å²) in [6, 6.07) is 1.66. The molecule has 0 heterocycles. The van der Waals surface area contributed by atoms with Crippen LogP contribution in [0, 0.1) is 20.2 Å². The third kappa shape index (κ3) is 4.32. The van der Waals surface area contributed by atoms with Gasteiger partial charge < -0.3 is 4.90 Å². The number of anilines is 1. The molecule has 0 aliphatic carbocycles. The molecule has 134 valence electrons. The summed E-state index contributed by atoms with van der Waals surface area (Å²) in [6.07, 6.45) is 1.24. The zero-order chi connectivity index (χ0) is 18.5. The molecule has 0 spiro atoms. The van der Waals surface area contributed by atoms with Gasteiger partial charge in [-0.2, -0.15) is 0 Å². The Labute approximate surface area is 144 Å². The molecule has 9 nitrogen and oxygen atoms in total. The van der Waals surface area contributed by atoms with Crippen LogP contribution in [0.4, 0.5) is 17.1 Å². The Morgan fingerprint density at radius 2 is 1.46 bits per heavy atom. The SMILES string of the molecule is CCCN(CCC)c1c([N+](=O)[O-])cc(S(=O)(=O)CCl)cc1[N+](=O)[O-]. The van der Waals surface area contributed by atoms with E-state index >= 15 is 0 Å². The summed E-state index contributed by atoms with van der Waals surface area (Å²) < 4.78 is 23.8. The smallest absolute Gasteiger partial charge is 0.300 e. The summed E-state index contributed by atoms with van der Waals surface area (Å²) >= 11 is 5.36. The number of sulfone groups is 1. The Kier molecular flexibility index (Phi) is 6.91. The van der Waals surface area contributed by atoms with Gasteiger partial charge in [0, 0.05) is 25.2 Å². The first-order chi connectivity index (χ1) is 11.2. The van der Waals surface area contributed by atoms with Crippen LogP contribution in [0.15, 0.2) is 17.0 Å².